The highest BCUT2D eigenvalue weighted by atomic mass is 16.4. The minimum absolute atomic E-state index is 0.0243. The van der Waals surface area contributed by atoms with E-state index in [0.29, 0.717) is 0 Å². The molecule has 1 rings (SSSR count). The van der Waals surface area contributed by atoms with Crippen LogP contribution in [0.1, 0.15) is 46.5 Å². The summed E-state index contributed by atoms with van der Waals surface area (Å²) in [5.41, 5.74) is 0.555. The molecule has 0 aromatic carbocycles. The lowest BCUT2D eigenvalue weighted by Crippen LogP contribution is -2.03. The normalized spacial score (nSPS) is 26.4. The fourth-order valence-corrected chi connectivity index (χ4v) is 2.42. The Morgan fingerprint density at radius 3 is 2.53 bits per heavy atom. The summed E-state index contributed by atoms with van der Waals surface area (Å²) in [5.74, 6) is -1.05. The SMILES string of the molecule is CCCCC/C(C#N)=C/C1C(C(=O)O)C1(C)C. The van der Waals surface area contributed by atoms with Crippen LogP contribution < -0.4 is 0 Å². The number of carboxylic acids is 1. The first kappa shape index (κ1) is 13.8. The van der Waals surface area contributed by atoms with Gasteiger partial charge in [-0.05, 0) is 24.2 Å². The Morgan fingerprint density at radius 2 is 2.12 bits per heavy atom. The Bertz CT molecular complexity index is 363. The van der Waals surface area contributed by atoms with E-state index < -0.39 is 5.97 Å². The smallest absolute Gasteiger partial charge is 0.307 e. The van der Waals surface area contributed by atoms with Gasteiger partial charge in [-0.15, -0.1) is 0 Å². The van der Waals surface area contributed by atoms with E-state index in [9.17, 15) is 4.79 Å². The van der Waals surface area contributed by atoms with Gasteiger partial charge in [0.1, 0.15) is 0 Å². The number of unbranched alkanes of at least 4 members (excludes halogenated alkanes) is 2. The monoisotopic (exact) mass is 235 g/mol. The zero-order valence-electron chi connectivity index (χ0n) is 10.9. The second-order valence-electron chi connectivity index (χ2n) is 5.42. The highest BCUT2D eigenvalue weighted by molar-refractivity contribution is 5.76. The lowest BCUT2D eigenvalue weighted by atomic mass is 10.0. The van der Waals surface area contributed by atoms with E-state index in [2.05, 4.69) is 13.0 Å². The summed E-state index contributed by atoms with van der Waals surface area (Å²) in [6.07, 6.45) is 5.93. The minimum atomic E-state index is -0.748. The van der Waals surface area contributed by atoms with E-state index in [1.54, 1.807) is 0 Å². The van der Waals surface area contributed by atoms with Crippen molar-refractivity contribution in [1.82, 2.24) is 0 Å². The molecule has 17 heavy (non-hydrogen) atoms. The zero-order chi connectivity index (χ0) is 13.1. The van der Waals surface area contributed by atoms with E-state index in [-0.39, 0.29) is 17.3 Å². The Balaban J connectivity index is 2.62. The fourth-order valence-electron chi connectivity index (χ4n) is 2.42. The molecule has 0 bridgehead atoms. The number of hydrogen-bond donors (Lipinski definition) is 1. The van der Waals surface area contributed by atoms with Gasteiger partial charge in [-0.1, -0.05) is 39.7 Å². The van der Waals surface area contributed by atoms with E-state index in [4.69, 9.17) is 10.4 Å². The molecule has 0 amide bonds. The second-order valence-corrected chi connectivity index (χ2v) is 5.42. The van der Waals surface area contributed by atoms with Crippen molar-refractivity contribution in [2.45, 2.75) is 46.5 Å². The molecule has 2 atom stereocenters. The third-order valence-corrected chi connectivity index (χ3v) is 3.75. The predicted octanol–water partition coefficient (Wildman–Crippen LogP) is 3.37. The molecule has 0 heterocycles. The van der Waals surface area contributed by atoms with Crippen molar-refractivity contribution < 1.29 is 9.90 Å². The molecule has 2 unspecified atom stereocenters. The number of carboxylic acid groups (broad SMARTS) is 1. The molecule has 1 fully saturated rings. The molecule has 0 aliphatic heterocycles. The van der Waals surface area contributed by atoms with E-state index >= 15 is 0 Å². The Labute approximate surface area is 103 Å². The van der Waals surface area contributed by atoms with Crippen LogP contribution in [-0.4, -0.2) is 11.1 Å². The van der Waals surface area contributed by atoms with Crippen molar-refractivity contribution in [3.63, 3.8) is 0 Å². The van der Waals surface area contributed by atoms with Crippen molar-refractivity contribution in [2.75, 3.05) is 0 Å². The van der Waals surface area contributed by atoms with Crippen molar-refractivity contribution in [3.05, 3.63) is 11.6 Å². The van der Waals surface area contributed by atoms with Crippen LogP contribution in [0, 0.1) is 28.6 Å². The van der Waals surface area contributed by atoms with Crippen LogP contribution in [-0.2, 0) is 4.79 Å². The minimum Gasteiger partial charge on any atom is -0.481 e. The van der Waals surface area contributed by atoms with Crippen molar-refractivity contribution in [3.8, 4) is 6.07 Å². The molecule has 3 nitrogen and oxygen atoms in total. The van der Waals surface area contributed by atoms with Crippen LogP contribution in [0.3, 0.4) is 0 Å². The van der Waals surface area contributed by atoms with E-state index in [1.807, 2.05) is 19.9 Å². The summed E-state index contributed by atoms with van der Waals surface area (Å²) in [7, 11) is 0. The van der Waals surface area contributed by atoms with Gasteiger partial charge in [0.25, 0.3) is 0 Å². The maximum atomic E-state index is 11.0. The Morgan fingerprint density at radius 1 is 1.47 bits per heavy atom. The van der Waals surface area contributed by atoms with Crippen LogP contribution in [0.15, 0.2) is 11.6 Å². The molecule has 0 saturated heterocycles. The third-order valence-electron chi connectivity index (χ3n) is 3.75. The second kappa shape index (κ2) is 5.35. The van der Waals surface area contributed by atoms with Gasteiger partial charge in [0.05, 0.1) is 12.0 Å². The molecule has 0 aromatic rings. The average molecular weight is 235 g/mol. The molecule has 1 aliphatic rings. The lowest BCUT2D eigenvalue weighted by molar-refractivity contribution is -0.139. The molecule has 3 heteroatoms. The summed E-state index contributed by atoms with van der Waals surface area (Å²) in [6.45, 7) is 6.03. The predicted molar refractivity (Wildman–Crippen MR) is 66.2 cm³/mol. The van der Waals surface area contributed by atoms with Gasteiger partial charge in [-0.2, -0.15) is 5.26 Å². The van der Waals surface area contributed by atoms with Crippen molar-refractivity contribution in [2.24, 2.45) is 17.3 Å². The number of aliphatic carboxylic acids is 1. The van der Waals surface area contributed by atoms with Gasteiger partial charge < -0.3 is 5.11 Å². The van der Waals surface area contributed by atoms with Crippen LogP contribution in [0.4, 0.5) is 0 Å². The Kier molecular flexibility index (Phi) is 4.34. The molecular formula is C14H21NO2. The van der Waals surface area contributed by atoms with Crippen LogP contribution in [0.2, 0.25) is 0 Å². The quantitative estimate of drug-likeness (QED) is 0.567. The van der Waals surface area contributed by atoms with Crippen LogP contribution in [0.5, 0.6) is 0 Å². The molecule has 1 aliphatic carbocycles. The summed E-state index contributed by atoms with van der Waals surface area (Å²) in [5, 5.41) is 18.1. The number of nitriles is 1. The van der Waals surface area contributed by atoms with Crippen molar-refractivity contribution in [1.29, 1.82) is 5.26 Å². The zero-order valence-corrected chi connectivity index (χ0v) is 10.9. The fraction of sp³-hybridized carbons (Fsp3) is 0.714. The number of allylic oxidation sites excluding steroid dienone is 2. The number of nitrogens with zero attached hydrogens (tertiary/aromatic N) is 1. The summed E-state index contributed by atoms with van der Waals surface area (Å²) >= 11 is 0. The summed E-state index contributed by atoms with van der Waals surface area (Å²) < 4.78 is 0. The average Bonchev–Trinajstić information content (AvgIpc) is 2.79. The standard InChI is InChI=1S/C14H21NO2/c1-4-5-6-7-10(9-15)8-11-12(13(16)17)14(11,2)3/h8,11-12H,4-7H2,1-3H3,(H,16,17)/b10-8-. The largest absolute Gasteiger partial charge is 0.481 e. The van der Waals surface area contributed by atoms with Gasteiger partial charge in [0, 0.05) is 5.57 Å². The maximum absolute atomic E-state index is 11.0. The van der Waals surface area contributed by atoms with Gasteiger partial charge in [-0.3, -0.25) is 4.79 Å². The number of carbonyl (C=O) groups is 1. The molecule has 0 aromatic heterocycles. The highest BCUT2D eigenvalue weighted by Crippen LogP contribution is 2.59. The van der Waals surface area contributed by atoms with Gasteiger partial charge >= 0.3 is 5.97 Å². The Hall–Kier alpha value is -1.30. The summed E-state index contributed by atoms with van der Waals surface area (Å²) in [6, 6.07) is 2.20. The third kappa shape index (κ3) is 3.09. The molecule has 0 spiro atoms. The first-order valence-corrected chi connectivity index (χ1v) is 6.28. The lowest BCUT2D eigenvalue weighted by Gasteiger charge is -1.99. The van der Waals surface area contributed by atoms with Gasteiger partial charge in [-0.25, -0.2) is 0 Å². The van der Waals surface area contributed by atoms with Gasteiger partial charge in [0.2, 0.25) is 0 Å². The molecular weight excluding hydrogens is 214 g/mol. The first-order valence-electron chi connectivity index (χ1n) is 6.28. The first-order chi connectivity index (χ1) is 7.95. The topological polar surface area (TPSA) is 61.1 Å². The maximum Gasteiger partial charge on any atom is 0.307 e. The molecule has 1 N–H and O–H groups in total. The number of hydrogen-bond acceptors (Lipinski definition) is 2. The van der Waals surface area contributed by atoms with Crippen LogP contribution in [0.25, 0.3) is 0 Å². The summed E-state index contributed by atoms with van der Waals surface area (Å²) in [4.78, 5) is 11.0. The van der Waals surface area contributed by atoms with Crippen LogP contribution >= 0.6 is 0 Å². The molecule has 1 saturated carbocycles. The number of rotatable bonds is 6. The van der Waals surface area contributed by atoms with E-state index in [0.717, 1.165) is 31.3 Å². The van der Waals surface area contributed by atoms with Crippen molar-refractivity contribution >= 4 is 5.97 Å². The molecule has 94 valence electrons. The molecule has 0 radical (unpaired) electrons. The van der Waals surface area contributed by atoms with Gasteiger partial charge in [0.15, 0.2) is 0 Å². The van der Waals surface area contributed by atoms with E-state index in [1.165, 1.54) is 0 Å². The highest BCUT2D eigenvalue weighted by Gasteiger charge is 2.60.